The minimum absolute atomic E-state index is 0.250. The fourth-order valence-electron chi connectivity index (χ4n) is 5.12. The van der Waals surface area contributed by atoms with Crippen molar-refractivity contribution < 1.29 is 34.1 Å². The van der Waals surface area contributed by atoms with E-state index in [-0.39, 0.29) is 18.5 Å². The van der Waals surface area contributed by atoms with Crippen molar-refractivity contribution in [3.8, 4) is 5.75 Å². The molecule has 0 saturated carbocycles. The lowest BCUT2D eigenvalue weighted by Crippen LogP contribution is -2.58. The highest BCUT2D eigenvalue weighted by Gasteiger charge is 2.49. The van der Waals surface area contributed by atoms with Gasteiger partial charge >= 0.3 is 0 Å². The molecule has 0 bridgehead atoms. The predicted molar refractivity (Wildman–Crippen MR) is 130 cm³/mol. The van der Waals surface area contributed by atoms with Crippen molar-refractivity contribution in [1.29, 1.82) is 0 Å². The molecule has 3 fully saturated rings. The number of rotatable bonds is 7. The average molecular weight is 494 g/mol. The number of piperidine rings is 1. The standard InChI is InChI=1S/C23H35N3O3.2CH2O2/c1-24-10-3-8-23(22(24)27)9-4-12-26(23)19-20-6-2-7-21(18-20)29-15-5-11-25-13-16-28-17-14-25;2*2-1-3/h2,6-7,18H,3-5,8-17,19H2,1H3;2*1H,(H,2,3). The summed E-state index contributed by atoms with van der Waals surface area (Å²) in [4.78, 5) is 36.5. The highest BCUT2D eigenvalue weighted by molar-refractivity contribution is 5.87. The van der Waals surface area contributed by atoms with E-state index in [9.17, 15) is 4.79 Å². The first-order valence-corrected chi connectivity index (χ1v) is 12.2. The van der Waals surface area contributed by atoms with Gasteiger partial charge < -0.3 is 24.6 Å². The van der Waals surface area contributed by atoms with E-state index in [1.807, 2.05) is 18.0 Å². The molecule has 3 aliphatic heterocycles. The van der Waals surface area contributed by atoms with E-state index in [1.54, 1.807) is 0 Å². The van der Waals surface area contributed by atoms with Gasteiger partial charge in [0.2, 0.25) is 5.91 Å². The second kappa shape index (κ2) is 15.3. The van der Waals surface area contributed by atoms with Crippen molar-refractivity contribution in [2.24, 2.45) is 0 Å². The summed E-state index contributed by atoms with van der Waals surface area (Å²) in [7, 11) is 1.95. The molecule has 196 valence electrons. The van der Waals surface area contributed by atoms with E-state index >= 15 is 0 Å². The number of nitrogens with zero attached hydrogens (tertiary/aromatic N) is 3. The van der Waals surface area contributed by atoms with Crippen LogP contribution in [0.1, 0.15) is 37.7 Å². The van der Waals surface area contributed by atoms with Gasteiger partial charge in [-0.15, -0.1) is 0 Å². The predicted octanol–water partition coefficient (Wildman–Crippen LogP) is 1.78. The molecule has 1 spiro atoms. The summed E-state index contributed by atoms with van der Waals surface area (Å²) in [5.41, 5.74) is 0.958. The number of hydrogen-bond acceptors (Lipinski definition) is 7. The third-order valence-electron chi connectivity index (χ3n) is 6.72. The van der Waals surface area contributed by atoms with Crippen molar-refractivity contribution in [2.45, 2.75) is 44.2 Å². The van der Waals surface area contributed by atoms with E-state index < -0.39 is 0 Å². The van der Waals surface area contributed by atoms with Crippen LogP contribution in [0.2, 0.25) is 0 Å². The van der Waals surface area contributed by atoms with Crippen LogP contribution in [-0.2, 0) is 25.7 Å². The molecule has 1 aromatic rings. The van der Waals surface area contributed by atoms with Gasteiger partial charge in [-0.25, -0.2) is 0 Å². The molecule has 0 radical (unpaired) electrons. The molecule has 0 aliphatic carbocycles. The summed E-state index contributed by atoms with van der Waals surface area (Å²) in [6.07, 6.45) is 5.23. The Morgan fingerprint density at radius 2 is 1.71 bits per heavy atom. The number of likely N-dealkylation sites (N-methyl/N-ethyl adjacent to an activating group) is 1. The van der Waals surface area contributed by atoms with Gasteiger partial charge in [-0.1, -0.05) is 12.1 Å². The number of likely N-dealkylation sites (tertiary alicyclic amines) is 2. The number of carboxylic acid groups (broad SMARTS) is 2. The number of hydrogen-bond donors (Lipinski definition) is 2. The van der Waals surface area contributed by atoms with Crippen LogP contribution in [0.15, 0.2) is 24.3 Å². The van der Waals surface area contributed by atoms with Crippen LogP contribution in [0.4, 0.5) is 0 Å². The minimum atomic E-state index is -0.276. The second-order valence-corrected chi connectivity index (χ2v) is 8.90. The number of carbonyl (C=O) groups excluding carboxylic acids is 1. The Balaban J connectivity index is 0.000000655. The Kier molecular flexibility index (Phi) is 12.5. The number of carbonyl (C=O) groups is 3. The largest absolute Gasteiger partial charge is 0.494 e. The van der Waals surface area contributed by atoms with E-state index in [2.05, 4.69) is 28.0 Å². The lowest BCUT2D eigenvalue weighted by molar-refractivity contribution is -0.146. The average Bonchev–Trinajstić information content (AvgIpc) is 3.25. The fourth-order valence-corrected chi connectivity index (χ4v) is 5.12. The molecule has 10 nitrogen and oxygen atoms in total. The van der Waals surface area contributed by atoms with Gasteiger partial charge in [0.05, 0.1) is 19.8 Å². The molecule has 3 aliphatic rings. The zero-order valence-electron chi connectivity index (χ0n) is 20.6. The molecule has 10 heteroatoms. The first-order valence-electron chi connectivity index (χ1n) is 12.2. The van der Waals surface area contributed by atoms with E-state index in [0.717, 1.165) is 96.9 Å². The van der Waals surface area contributed by atoms with Gasteiger partial charge in [0.25, 0.3) is 12.9 Å². The van der Waals surface area contributed by atoms with Gasteiger partial charge in [0, 0.05) is 39.8 Å². The zero-order chi connectivity index (χ0) is 25.5. The minimum Gasteiger partial charge on any atom is -0.494 e. The van der Waals surface area contributed by atoms with Crippen LogP contribution >= 0.6 is 0 Å². The topological polar surface area (TPSA) is 120 Å². The lowest BCUT2D eigenvalue weighted by atomic mass is 9.85. The van der Waals surface area contributed by atoms with Crippen LogP contribution in [0.25, 0.3) is 0 Å². The highest BCUT2D eigenvalue weighted by atomic mass is 16.5. The van der Waals surface area contributed by atoms with Crippen molar-refractivity contribution in [3.05, 3.63) is 29.8 Å². The third-order valence-corrected chi connectivity index (χ3v) is 6.72. The first kappa shape index (κ1) is 28.5. The maximum Gasteiger partial charge on any atom is 0.290 e. The van der Waals surface area contributed by atoms with Crippen molar-refractivity contribution in [1.82, 2.24) is 14.7 Å². The molecular formula is C25H39N3O7. The van der Waals surface area contributed by atoms with Crippen molar-refractivity contribution in [3.63, 3.8) is 0 Å². The smallest absolute Gasteiger partial charge is 0.290 e. The van der Waals surface area contributed by atoms with E-state index in [4.69, 9.17) is 29.3 Å². The summed E-state index contributed by atoms with van der Waals surface area (Å²) in [5.74, 6) is 1.25. The molecule has 0 aromatic heterocycles. The van der Waals surface area contributed by atoms with Crippen LogP contribution in [0.3, 0.4) is 0 Å². The summed E-state index contributed by atoms with van der Waals surface area (Å²) < 4.78 is 11.4. The number of amides is 1. The Morgan fingerprint density at radius 1 is 1.06 bits per heavy atom. The Hall–Kier alpha value is -2.69. The molecule has 1 unspecified atom stereocenters. The Labute approximate surface area is 207 Å². The number of ether oxygens (including phenoxy) is 2. The van der Waals surface area contributed by atoms with Crippen LogP contribution < -0.4 is 4.74 Å². The number of benzene rings is 1. The van der Waals surface area contributed by atoms with Crippen molar-refractivity contribution >= 4 is 18.9 Å². The van der Waals surface area contributed by atoms with E-state index in [0.29, 0.717) is 5.91 Å². The van der Waals surface area contributed by atoms with Crippen LogP contribution in [0, 0.1) is 0 Å². The number of morpholine rings is 1. The molecular weight excluding hydrogens is 454 g/mol. The van der Waals surface area contributed by atoms with Crippen LogP contribution in [0.5, 0.6) is 5.75 Å². The van der Waals surface area contributed by atoms with Crippen LogP contribution in [-0.4, -0.2) is 109 Å². The molecule has 1 amide bonds. The maximum absolute atomic E-state index is 13.0. The molecule has 1 aromatic carbocycles. The lowest BCUT2D eigenvalue weighted by Gasteiger charge is -2.43. The zero-order valence-corrected chi connectivity index (χ0v) is 20.6. The summed E-state index contributed by atoms with van der Waals surface area (Å²) in [6.45, 7) is 7.77. The normalized spacial score (nSPS) is 22.5. The quantitative estimate of drug-likeness (QED) is 0.433. The highest BCUT2D eigenvalue weighted by Crippen LogP contribution is 2.39. The second-order valence-electron chi connectivity index (χ2n) is 8.90. The van der Waals surface area contributed by atoms with Gasteiger partial charge in [-0.05, 0) is 56.3 Å². The summed E-state index contributed by atoms with van der Waals surface area (Å²) >= 11 is 0. The van der Waals surface area contributed by atoms with Gasteiger partial charge in [0.1, 0.15) is 11.3 Å². The molecule has 1 atom stereocenters. The van der Waals surface area contributed by atoms with Crippen molar-refractivity contribution in [2.75, 3.05) is 59.6 Å². The Morgan fingerprint density at radius 3 is 2.40 bits per heavy atom. The molecule has 4 rings (SSSR count). The fraction of sp³-hybridized carbons (Fsp3) is 0.640. The Bertz CT molecular complexity index is 782. The van der Waals surface area contributed by atoms with E-state index in [1.165, 1.54) is 5.56 Å². The molecule has 3 heterocycles. The molecule has 2 N–H and O–H groups in total. The van der Waals surface area contributed by atoms with Gasteiger partial charge in [-0.3, -0.25) is 24.2 Å². The van der Waals surface area contributed by atoms with Gasteiger partial charge in [-0.2, -0.15) is 0 Å². The third kappa shape index (κ3) is 8.48. The first-order chi connectivity index (χ1) is 17.0. The molecule has 35 heavy (non-hydrogen) atoms. The summed E-state index contributed by atoms with van der Waals surface area (Å²) in [6, 6.07) is 8.42. The SMILES string of the molecule is CN1CCCC2(CCCN2Cc2cccc(OCCCN3CCOCC3)c2)C1=O.O=CO.O=CO. The summed E-state index contributed by atoms with van der Waals surface area (Å²) in [5, 5.41) is 13.8. The van der Waals surface area contributed by atoms with Gasteiger partial charge in [0.15, 0.2) is 0 Å². The molecule has 3 saturated heterocycles. The monoisotopic (exact) mass is 493 g/mol. The maximum atomic E-state index is 13.0.